The maximum Gasteiger partial charge on any atom is 0.230 e. The molecule has 0 aliphatic rings. The molecule has 0 bridgehead atoms. The number of carbonyl (C=O) groups excluding carboxylic acids is 1. The fraction of sp³-hybridized carbons (Fsp3) is 0.0455. The molecule has 3 aromatic heterocycles. The van der Waals surface area contributed by atoms with Gasteiger partial charge in [-0.1, -0.05) is 30.3 Å². The van der Waals surface area contributed by atoms with Crippen LogP contribution in [0.3, 0.4) is 0 Å². The van der Waals surface area contributed by atoms with Gasteiger partial charge in [0.25, 0.3) is 0 Å². The summed E-state index contributed by atoms with van der Waals surface area (Å²) in [6.45, 7) is 0. The fourth-order valence-corrected chi connectivity index (χ4v) is 4.07. The van der Waals surface area contributed by atoms with Gasteiger partial charge in [-0.3, -0.25) is 9.20 Å². The second kappa shape index (κ2) is 7.37. The molecule has 0 radical (unpaired) electrons. The molecule has 0 unspecified atom stereocenters. The number of nitrogens with zero attached hydrogens (tertiary/aromatic N) is 4. The molecule has 1 amide bonds. The number of aromatic nitrogens is 4. The van der Waals surface area contributed by atoms with Gasteiger partial charge in [-0.05, 0) is 30.3 Å². The molecule has 5 rings (SSSR count). The van der Waals surface area contributed by atoms with Crippen LogP contribution < -0.4 is 5.32 Å². The molecule has 0 aliphatic heterocycles. The van der Waals surface area contributed by atoms with Gasteiger partial charge in [0, 0.05) is 40.9 Å². The number of hydrogen-bond donors (Lipinski definition) is 1. The quantitative estimate of drug-likeness (QED) is 0.475. The Labute approximate surface area is 171 Å². The number of benzene rings is 2. The molecule has 3 heterocycles. The molecule has 7 heteroatoms. The van der Waals surface area contributed by atoms with Crippen LogP contribution in [0.1, 0.15) is 5.69 Å². The lowest BCUT2D eigenvalue weighted by Gasteiger charge is -2.06. The first-order chi connectivity index (χ1) is 14.3. The first-order valence-corrected chi connectivity index (χ1v) is 10.0. The van der Waals surface area contributed by atoms with Gasteiger partial charge in [-0.15, -0.1) is 11.3 Å². The highest BCUT2D eigenvalue weighted by Crippen LogP contribution is 2.24. The van der Waals surface area contributed by atoms with Crippen molar-refractivity contribution in [1.82, 2.24) is 19.2 Å². The van der Waals surface area contributed by atoms with Gasteiger partial charge < -0.3 is 5.32 Å². The van der Waals surface area contributed by atoms with E-state index < -0.39 is 0 Å². The van der Waals surface area contributed by atoms with Crippen LogP contribution in [-0.4, -0.2) is 25.1 Å². The van der Waals surface area contributed by atoms with E-state index in [9.17, 15) is 4.79 Å². The van der Waals surface area contributed by atoms with Crippen LogP contribution in [0.25, 0.3) is 21.9 Å². The number of imidazole rings is 1. The van der Waals surface area contributed by atoms with Crippen molar-refractivity contribution < 1.29 is 4.79 Å². The van der Waals surface area contributed by atoms with E-state index in [1.54, 1.807) is 22.2 Å². The number of anilines is 1. The Kier molecular flexibility index (Phi) is 4.42. The Morgan fingerprint density at radius 1 is 1.03 bits per heavy atom. The van der Waals surface area contributed by atoms with E-state index in [1.165, 1.54) is 0 Å². The van der Waals surface area contributed by atoms with Gasteiger partial charge in [0.2, 0.25) is 5.91 Å². The number of nitrogens with one attached hydrogen (secondary N) is 1. The predicted octanol–water partition coefficient (Wildman–Crippen LogP) is 4.43. The SMILES string of the molecule is O=C(Cc1csc2nc(-c3ccccc3)cn12)Nc1ccc(-n2cccn2)cc1. The molecule has 5 aromatic rings. The topological polar surface area (TPSA) is 64.2 Å². The second-order valence-corrected chi connectivity index (χ2v) is 7.43. The Balaban J connectivity index is 1.30. The average molecular weight is 399 g/mol. The highest BCUT2D eigenvalue weighted by molar-refractivity contribution is 7.15. The van der Waals surface area contributed by atoms with E-state index in [0.717, 1.165) is 33.3 Å². The zero-order valence-corrected chi connectivity index (χ0v) is 16.2. The molecule has 2 aromatic carbocycles. The van der Waals surface area contributed by atoms with Gasteiger partial charge in [0.1, 0.15) is 0 Å². The van der Waals surface area contributed by atoms with Crippen LogP contribution in [0.4, 0.5) is 5.69 Å². The third-order valence-corrected chi connectivity index (χ3v) is 5.50. The maximum atomic E-state index is 12.6. The molecule has 0 spiro atoms. The van der Waals surface area contributed by atoms with Gasteiger partial charge in [0.05, 0.1) is 17.8 Å². The molecular formula is C22H17N5OS. The molecule has 6 nitrogen and oxygen atoms in total. The van der Waals surface area contributed by atoms with Gasteiger partial charge in [-0.25, -0.2) is 9.67 Å². The van der Waals surface area contributed by atoms with Gasteiger partial charge in [-0.2, -0.15) is 5.10 Å². The summed E-state index contributed by atoms with van der Waals surface area (Å²) in [5.41, 5.74) is 4.60. The predicted molar refractivity (Wildman–Crippen MR) is 114 cm³/mol. The third kappa shape index (κ3) is 3.55. The molecule has 142 valence electrons. The van der Waals surface area contributed by atoms with Crippen molar-refractivity contribution in [1.29, 1.82) is 0 Å². The van der Waals surface area contributed by atoms with Crippen molar-refractivity contribution >= 4 is 27.9 Å². The lowest BCUT2D eigenvalue weighted by atomic mass is 10.2. The van der Waals surface area contributed by atoms with E-state index in [1.807, 2.05) is 82.8 Å². The zero-order valence-electron chi connectivity index (χ0n) is 15.4. The Morgan fingerprint density at radius 2 is 1.86 bits per heavy atom. The number of rotatable bonds is 5. The molecular weight excluding hydrogens is 382 g/mol. The summed E-state index contributed by atoms with van der Waals surface area (Å²) in [5, 5.41) is 9.14. The van der Waals surface area contributed by atoms with E-state index in [-0.39, 0.29) is 12.3 Å². The molecule has 0 aliphatic carbocycles. The Bertz CT molecular complexity index is 1250. The summed E-state index contributed by atoms with van der Waals surface area (Å²) in [6.07, 6.45) is 5.88. The minimum Gasteiger partial charge on any atom is -0.326 e. The van der Waals surface area contributed by atoms with Crippen LogP contribution >= 0.6 is 11.3 Å². The van der Waals surface area contributed by atoms with Crippen LogP contribution in [-0.2, 0) is 11.2 Å². The summed E-state index contributed by atoms with van der Waals surface area (Å²) in [4.78, 5) is 18.1. The minimum absolute atomic E-state index is 0.0634. The van der Waals surface area contributed by atoms with Crippen molar-refractivity contribution in [3.63, 3.8) is 0 Å². The average Bonchev–Trinajstić information content (AvgIpc) is 3.48. The number of fused-ring (bicyclic) bond motifs is 1. The molecule has 0 atom stereocenters. The molecule has 0 saturated heterocycles. The molecule has 1 N–H and O–H groups in total. The number of amides is 1. The first-order valence-electron chi connectivity index (χ1n) is 9.17. The first kappa shape index (κ1) is 17.4. The van der Waals surface area contributed by atoms with Crippen LogP contribution in [0.2, 0.25) is 0 Å². The van der Waals surface area contributed by atoms with Crippen LogP contribution in [0.15, 0.2) is 84.6 Å². The van der Waals surface area contributed by atoms with Crippen molar-refractivity contribution in [2.24, 2.45) is 0 Å². The minimum atomic E-state index is -0.0634. The number of hydrogen-bond acceptors (Lipinski definition) is 4. The lowest BCUT2D eigenvalue weighted by Crippen LogP contribution is -2.15. The summed E-state index contributed by atoms with van der Waals surface area (Å²) in [5.74, 6) is -0.0634. The third-order valence-electron chi connectivity index (χ3n) is 4.61. The zero-order chi connectivity index (χ0) is 19.6. The van der Waals surface area contributed by atoms with Gasteiger partial charge >= 0.3 is 0 Å². The maximum absolute atomic E-state index is 12.6. The summed E-state index contributed by atoms with van der Waals surface area (Å²) >= 11 is 1.54. The van der Waals surface area contributed by atoms with Crippen molar-refractivity contribution in [2.75, 3.05) is 5.32 Å². The monoisotopic (exact) mass is 399 g/mol. The van der Waals surface area contributed by atoms with Gasteiger partial charge in [0.15, 0.2) is 4.96 Å². The van der Waals surface area contributed by atoms with Crippen molar-refractivity contribution in [3.8, 4) is 16.9 Å². The van der Waals surface area contributed by atoms with E-state index in [0.29, 0.717) is 0 Å². The summed E-state index contributed by atoms with van der Waals surface area (Å²) in [6, 6.07) is 19.5. The van der Waals surface area contributed by atoms with Crippen LogP contribution in [0.5, 0.6) is 0 Å². The molecule has 0 fully saturated rings. The molecule has 29 heavy (non-hydrogen) atoms. The lowest BCUT2D eigenvalue weighted by molar-refractivity contribution is -0.115. The largest absolute Gasteiger partial charge is 0.326 e. The normalized spacial score (nSPS) is 11.0. The van der Waals surface area contributed by atoms with E-state index >= 15 is 0 Å². The highest BCUT2D eigenvalue weighted by atomic mass is 32.1. The highest BCUT2D eigenvalue weighted by Gasteiger charge is 2.13. The second-order valence-electron chi connectivity index (χ2n) is 6.59. The number of carbonyl (C=O) groups is 1. The standard InChI is InChI=1S/C22H17N5OS/c28-21(24-17-7-9-18(10-8-17)27-12-4-11-23-27)13-19-15-29-22-25-20(14-26(19)22)16-5-2-1-3-6-16/h1-12,14-15H,13H2,(H,24,28). The summed E-state index contributed by atoms with van der Waals surface area (Å²) in [7, 11) is 0. The van der Waals surface area contributed by atoms with Crippen molar-refractivity contribution in [3.05, 3.63) is 90.3 Å². The van der Waals surface area contributed by atoms with E-state index in [2.05, 4.69) is 15.4 Å². The van der Waals surface area contributed by atoms with Crippen LogP contribution in [0, 0.1) is 0 Å². The number of thiazole rings is 1. The summed E-state index contributed by atoms with van der Waals surface area (Å²) < 4.78 is 3.77. The smallest absolute Gasteiger partial charge is 0.230 e. The fourth-order valence-electron chi connectivity index (χ4n) is 3.19. The Morgan fingerprint density at radius 3 is 2.62 bits per heavy atom. The van der Waals surface area contributed by atoms with Crippen molar-refractivity contribution in [2.45, 2.75) is 6.42 Å². The molecule has 0 saturated carbocycles. The van der Waals surface area contributed by atoms with E-state index in [4.69, 9.17) is 0 Å². The Hall–Kier alpha value is -3.71.